The zero-order valence-corrected chi connectivity index (χ0v) is 13.0. The number of hydrogen-bond donors (Lipinski definition) is 1. The van der Waals surface area contributed by atoms with E-state index in [4.69, 9.17) is 9.47 Å². The Hall–Kier alpha value is -2.82. The first-order chi connectivity index (χ1) is 11.1. The van der Waals surface area contributed by atoms with Gasteiger partial charge in [-0.3, -0.25) is 4.79 Å². The zero-order valence-electron chi connectivity index (χ0n) is 13.0. The number of methoxy groups -OCH3 is 2. The van der Waals surface area contributed by atoms with Crippen molar-refractivity contribution in [3.8, 4) is 11.5 Å². The summed E-state index contributed by atoms with van der Waals surface area (Å²) in [6.07, 6.45) is 3.07. The Balaban J connectivity index is 1.98. The lowest BCUT2D eigenvalue weighted by atomic mass is 10.2. The third-order valence-electron chi connectivity index (χ3n) is 3.16. The van der Waals surface area contributed by atoms with Gasteiger partial charge in [-0.1, -0.05) is 12.1 Å². The van der Waals surface area contributed by atoms with Crippen LogP contribution in [0.25, 0.3) is 6.08 Å². The molecule has 0 aliphatic rings. The predicted molar refractivity (Wildman–Crippen MR) is 86.8 cm³/mol. The minimum absolute atomic E-state index is 0.266. The van der Waals surface area contributed by atoms with E-state index < -0.39 is 0 Å². The van der Waals surface area contributed by atoms with E-state index in [1.54, 1.807) is 50.6 Å². The third-order valence-corrected chi connectivity index (χ3v) is 3.16. The Morgan fingerprint density at radius 1 is 1.13 bits per heavy atom. The zero-order chi connectivity index (χ0) is 16.7. The number of carbonyl (C=O) groups excluding carboxylic acids is 1. The summed E-state index contributed by atoms with van der Waals surface area (Å²) in [6, 6.07) is 11.4. The van der Waals surface area contributed by atoms with Crippen molar-refractivity contribution in [1.82, 2.24) is 5.32 Å². The number of hydrogen-bond acceptors (Lipinski definition) is 3. The van der Waals surface area contributed by atoms with Crippen molar-refractivity contribution in [1.29, 1.82) is 0 Å². The minimum Gasteiger partial charge on any atom is -0.497 e. The number of benzene rings is 2. The summed E-state index contributed by atoms with van der Waals surface area (Å²) < 4.78 is 23.4. The molecule has 1 N–H and O–H groups in total. The first-order valence-corrected chi connectivity index (χ1v) is 7.04. The van der Waals surface area contributed by atoms with Gasteiger partial charge in [0.05, 0.1) is 14.2 Å². The molecule has 1 amide bonds. The fourth-order valence-corrected chi connectivity index (χ4v) is 1.99. The fraction of sp³-hybridized carbons (Fsp3) is 0.167. The van der Waals surface area contributed by atoms with Crippen LogP contribution in [0.15, 0.2) is 48.5 Å². The van der Waals surface area contributed by atoms with Crippen LogP contribution in [0, 0.1) is 5.82 Å². The second-order valence-corrected chi connectivity index (χ2v) is 4.83. The molecule has 0 aliphatic carbocycles. The van der Waals surface area contributed by atoms with Crippen molar-refractivity contribution in [3.05, 3.63) is 65.5 Å². The third kappa shape index (κ3) is 5.14. The molecule has 23 heavy (non-hydrogen) atoms. The monoisotopic (exact) mass is 315 g/mol. The standard InChI is InChI=1S/C18H18FNO3/c1-22-16-9-13(10-17(11-16)23-2)6-7-18(21)20-12-14-4-3-5-15(19)8-14/h3-11H,12H2,1-2H3,(H,20,21)/b7-6+. The van der Waals surface area contributed by atoms with Crippen LogP contribution in [-0.2, 0) is 11.3 Å². The van der Waals surface area contributed by atoms with Gasteiger partial charge in [0.2, 0.25) is 5.91 Å². The van der Waals surface area contributed by atoms with Crippen molar-refractivity contribution >= 4 is 12.0 Å². The van der Waals surface area contributed by atoms with E-state index in [1.807, 2.05) is 0 Å². The average Bonchev–Trinajstić information content (AvgIpc) is 2.57. The molecule has 4 nitrogen and oxygen atoms in total. The lowest BCUT2D eigenvalue weighted by Crippen LogP contribution is -2.20. The normalized spacial score (nSPS) is 10.6. The Bertz CT molecular complexity index is 691. The molecule has 120 valence electrons. The molecule has 0 atom stereocenters. The van der Waals surface area contributed by atoms with Gasteiger partial charge in [-0.05, 0) is 41.5 Å². The molecule has 0 fully saturated rings. The van der Waals surface area contributed by atoms with Gasteiger partial charge < -0.3 is 14.8 Å². The summed E-state index contributed by atoms with van der Waals surface area (Å²) in [5.41, 5.74) is 1.48. The second kappa shape index (κ2) is 7.98. The quantitative estimate of drug-likeness (QED) is 0.833. The van der Waals surface area contributed by atoms with Gasteiger partial charge in [0.15, 0.2) is 0 Å². The maximum absolute atomic E-state index is 13.1. The average molecular weight is 315 g/mol. The van der Waals surface area contributed by atoms with Gasteiger partial charge in [0.25, 0.3) is 0 Å². The van der Waals surface area contributed by atoms with Crippen molar-refractivity contribution < 1.29 is 18.7 Å². The molecule has 5 heteroatoms. The van der Waals surface area contributed by atoms with Crippen LogP contribution in [0.3, 0.4) is 0 Å². The number of ether oxygens (including phenoxy) is 2. The Morgan fingerprint density at radius 3 is 2.43 bits per heavy atom. The number of nitrogens with one attached hydrogen (secondary N) is 1. The van der Waals surface area contributed by atoms with Crippen LogP contribution < -0.4 is 14.8 Å². The van der Waals surface area contributed by atoms with E-state index in [1.165, 1.54) is 18.2 Å². The Labute approximate surface area is 134 Å². The largest absolute Gasteiger partial charge is 0.497 e. The molecule has 0 aliphatic heterocycles. The first-order valence-electron chi connectivity index (χ1n) is 7.04. The maximum Gasteiger partial charge on any atom is 0.244 e. The summed E-state index contributed by atoms with van der Waals surface area (Å²) in [4.78, 5) is 11.8. The van der Waals surface area contributed by atoms with Crippen LogP contribution in [0.5, 0.6) is 11.5 Å². The van der Waals surface area contributed by atoms with Crippen LogP contribution in [0.4, 0.5) is 4.39 Å². The highest BCUT2D eigenvalue weighted by Gasteiger charge is 2.01. The van der Waals surface area contributed by atoms with Gasteiger partial charge in [-0.25, -0.2) is 4.39 Å². The second-order valence-electron chi connectivity index (χ2n) is 4.83. The molecule has 0 unspecified atom stereocenters. The molecule has 0 aromatic heterocycles. The molecule has 0 saturated heterocycles. The van der Waals surface area contributed by atoms with E-state index in [0.29, 0.717) is 17.1 Å². The molecular weight excluding hydrogens is 297 g/mol. The number of rotatable bonds is 6. The summed E-state index contributed by atoms with van der Waals surface area (Å²) in [5, 5.41) is 2.70. The van der Waals surface area contributed by atoms with E-state index in [9.17, 15) is 9.18 Å². The lowest BCUT2D eigenvalue weighted by Gasteiger charge is -2.06. The Morgan fingerprint density at radius 2 is 1.83 bits per heavy atom. The smallest absolute Gasteiger partial charge is 0.244 e. The van der Waals surface area contributed by atoms with Gasteiger partial charge in [0.1, 0.15) is 17.3 Å². The Kier molecular flexibility index (Phi) is 5.74. The van der Waals surface area contributed by atoms with E-state index >= 15 is 0 Å². The van der Waals surface area contributed by atoms with Crippen molar-refractivity contribution in [2.45, 2.75) is 6.54 Å². The molecule has 2 aromatic carbocycles. The summed E-state index contributed by atoms with van der Waals surface area (Å²) in [7, 11) is 3.13. The summed E-state index contributed by atoms with van der Waals surface area (Å²) in [6.45, 7) is 0.266. The molecule has 2 aromatic rings. The molecule has 0 radical (unpaired) electrons. The van der Waals surface area contributed by atoms with Crippen molar-refractivity contribution in [2.24, 2.45) is 0 Å². The highest BCUT2D eigenvalue weighted by Crippen LogP contribution is 2.23. The van der Waals surface area contributed by atoms with Crippen LogP contribution in [0.1, 0.15) is 11.1 Å². The van der Waals surface area contributed by atoms with Gasteiger partial charge >= 0.3 is 0 Å². The topological polar surface area (TPSA) is 47.6 Å². The highest BCUT2D eigenvalue weighted by atomic mass is 19.1. The molecular formula is C18H18FNO3. The van der Waals surface area contributed by atoms with Gasteiger partial charge in [-0.15, -0.1) is 0 Å². The first kappa shape index (κ1) is 16.5. The van der Waals surface area contributed by atoms with E-state index in [0.717, 1.165) is 5.56 Å². The molecule has 0 heterocycles. The number of amides is 1. The summed E-state index contributed by atoms with van der Waals surface area (Å²) >= 11 is 0. The maximum atomic E-state index is 13.1. The van der Waals surface area contributed by atoms with Gasteiger partial charge in [-0.2, -0.15) is 0 Å². The number of carbonyl (C=O) groups is 1. The predicted octanol–water partition coefficient (Wildman–Crippen LogP) is 3.17. The van der Waals surface area contributed by atoms with Crippen molar-refractivity contribution in [3.63, 3.8) is 0 Å². The van der Waals surface area contributed by atoms with Crippen molar-refractivity contribution in [2.75, 3.05) is 14.2 Å². The van der Waals surface area contributed by atoms with Crippen LogP contribution >= 0.6 is 0 Å². The molecule has 0 spiro atoms. The van der Waals surface area contributed by atoms with Gasteiger partial charge in [0, 0.05) is 18.7 Å². The minimum atomic E-state index is -0.323. The SMILES string of the molecule is COc1cc(/C=C/C(=O)NCc2cccc(F)c2)cc(OC)c1. The number of halogens is 1. The van der Waals surface area contributed by atoms with E-state index in [2.05, 4.69) is 5.32 Å². The van der Waals surface area contributed by atoms with Crippen LogP contribution in [0.2, 0.25) is 0 Å². The highest BCUT2D eigenvalue weighted by molar-refractivity contribution is 5.91. The van der Waals surface area contributed by atoms with E-state index in [-0.39, 0.29) is 18.3 Å². The van der Waals surface area contributed by atoms with Crippen LogP contribution in [-0.4, -0.2) is 20.1 Å². The molecule has 2 rings (SSSR count). The molecule has 0 bridgehead atoms. The summed E-state index contributed by atoms with van der Waals surface area (Å²) in [5.74, 6) is 0.695. The fourth-order valence-electron chi connectivity index (χ4n) is 1.99. The lowest BCUT2D eigenvalue weighted by molar-refractivity contribution is -0.116. The molecule has 0 saturated carbocycles.